The number of anilines is 2. The van der Waals surface area contributed by atoms with Crippen LogP contribution in [0.25, 0.3) is 20.8 Å². The number of nitrogens with two attached hydrogens (primary N) is 1. The summed E-state index contributed by atoms with van der Waals surface area (Å²) in [4.78, 5) is 17.3. The average Bonchev–Trinajstić information content (AvgIpc) is 3.07. The first-order valence-electron chi connectivity index (χ1n) is 7.63. The molecule has 3 heterocycles. The number of nitrogens with zero attached hydrogens (tertiary/aromatic N) is 4. The van der Waals surface area contributed by atoms with Gasteiger partial charge in [0.1, 0.15) is 16.6 Å². The summed E-state index contributed by atoms with van der Waals surface area (Å²) in [6, 6.07) is 6.32. The first kappa shape index (κ1) is 16.8. The molecule has 26 heavy (non-hydrogen) atoms. The largest absolute Gasteiger partial charge is 0.325 e. The fourth-order valence-corrected chi connectivity index (χ4v) is 3.77. The average molecular weight is 387 g/mol. The fourth-order valence-electron chi connectivity index (χ4n) is 2.40. The summed E-state index contributed by atoms with van der Waals surface area (Å²) in [5, 5.41) is 3.91. The predicted molar refractivity (Wildman–Crippen MR) is 101 cm³/mol. The molecule has 0 saturated heterocycles. The molecule has 3 aromatic heterocycles. The van der Waals surface area contributed by atoms with Crippen LogP contribution < -0.4 is 11.1 Å². The zero-order valence-electron chi connectivity index (χ0n) is 13.3. The molecule has 3 N–H and O–H groups in total. The second kappa shape index (κ2) is 6.91. The molecule has 1 aromatic carbocycles. The Morgan fingerprint density at radius 3 is 2.77 bits per heavy atom. The summed E-state index contributed by atoms with van der Waals surface area (Å²) in [5.41, 5.74) is 7.19. The monoisotopic (exact) mass is 386 g/mol. The van der Waals surface area contributed by atoms with Gasteiger partial charge in [0.15, 0.2) is 5.82 Å². The molecule has 130 valence electrons. The molecule has 0 fully saturated rings. The summed E-state index contributed by atoms with van der Waals surface area (Å²) in [5.74, 6) is 0.678. The van der Waals surface area contributed by atoms with Crippen molar-refractivity contribution in [2.45, 2.75) is 6.54 Å². The van der Waals surface area contributed by atoms with E-state index in [0.29, 0.717) is 39.4 Å². The molecule has 0 saturated carbocycles. The fraction of sp³-hybridized carbons (Fsp3) is 0.0588. The molecule has 0 aliphatic carbocycles. The lowest BCUT2D eigenvalue weighted by molar-refractivity contribution is 0.631. The number of halogens is 2. The summed E-state index contributed by atoms with van der Waals surface area (Å²) in [6.45, 7) is 0.322. The molecule has 0 radical (unpaired) electrons. The maximum Gasteiger partial charge on any atom is 0.151 e. The third-order valence-corrected chi connectivity index (χ3v) is 5.05. The number of pyridine rings is 1. The van der Waals surface area contributed by atoms with Crippen LogP contribution in [0, 0.1) is 5.82 Å². The van der Waals surface area contributed by atoms with Gasteiger partial charge in [-0.2, -0.15) is 0 Å². The van der Waals surface area contributed by atoms with Crippen LogP contribution in [0.2, 0.25) is 5.02 Å². The molecule has 0 spiro atoms. The highest BCUT2D eigenvalue weighted by Crippen LogP contribution is 2.38. The first-order chi connectivity index (χ1) is 12.7. The van der Waals surface area contributed by atoms with Crippen molar-refractivity contribution in [1.82, 2.24) is 19.9 Å². The SMILES string of the molecule is NCc1cnc(Nc2nccc3nc(-c4c(F)cccc4Cl)sc23)cn1. The van der Waals surface area contributed by atoms with Crippen LogP contribution >= 0.6 is 22.9 Å². The number of fused-ring (bicyclic) bond motifs is 1. The normalized spacial score (nSPS) is 11.0. The summed E-state index contributed by atoms with van der Waals surface area (Å²) >= 11 is 7.46. The lowest BCUT2D eigenvalue weighted by Crippen LogP contribution is -2.02. The van der Waals surface area contributed by atoms with Crippen molar-refractivity contribution in [3.63, 3.8) is 0 Å². The Bertz CT molecular complexity index is 1060. The highest BCUT2D eigenvalue weighted by atomic mass is 35.5. The molecular formula is C17H12ClFN6S. The van der Waals surface area contributed by atoms with Gasteiger partial charge in [-0.05, 0) is 18.2 Å². The molecule has 4 rings (SSSR count). The van der Waals surface area contributed by atoms with Crippen LogP contribution in [-0.2, 0) is 6.54 Å². The van der Waals surface area contributed by atoms with Crippen LogP contribution in [0.15, 0.2) is 42.9 Å². The van der Waals surface area contributed by atoms with Crippen molar-refractivity contribution in [3.8, 4) is 10.6 Å². The third kappa shape index (κ3) is 3.10. The molecule has 0 aliphatic rings. The molecular weight excluding hydrogens is 375 g/mol. The second-order valence-corrected chi connectivity index (χ2v) is 6.75. The van der Waals surface area contributed by atoms with Crippen LogP contribution in [0.3, 0.4) is 0 Å². The first-order valence-corrected chi connectivity index (χ1v) is 8.83. The topological polar surface area (TPSA) is 89.6 Å². The van der Waals surface area contributed by atoms with Gasteiger partial charge in [-0.15, -0.1) is 11.3 Å². The molecule has 9 heteroatoms. The third-order valence-electron chi connectivity index (χ3n) is 3.64. The minimum atomic E-state index is -0.415. The minimum Gasteiger partial charge on any atom is -0.325 e. The van der Waals surface area contributed by atoms with Gasteiger partial charge in [0.2, 0.25) is 0 Å². The lowest BCUT2D eigenvalue weighted by atomic mass is 10.2. The van der Waals surface area contributed by atoms with E-state index in [1.807, 2.05) is 0 Å². The zero-order valence-corrected chi connectivity index (χ0v) is 14.9. The van der Waals surface area contributed by atoms with Crippen LogP contribution in [0.4, 0.5) is 16.0 Å². The van der Waals surface area contributed by atoms with Crippen molar-refractivity contribution in [2.75, 3.05) is 5.32 Å². The summed E-state index contributed by atoms with van der Waals surface area (Å²) < 4.78 is 15.0. The van der Waals surface area contributed by atoms with E-state index >= 15 is 0 Å². The Labute approximate surface area is 156 Å². The van der Waals surface area contributed by atoms with E-state index in [9.17, 15) is 4.39 Å². The van der Waals surface area contributed by atoms with Crippen molar-refractivity contribution >= 4 is 44.8 Å². The Kier molecular flexibility index (Phi) is 4.46. The van der Waals surface area contributed by atoms with Crippen molar-refractivity contribution in [3.05, 3.63) is 59.4 Å². The van der Waals surface area contributed by atoms with Crippen molar-refractivity contribution in [1.29, 1.82) is 0 Å². The highest BCUT2D eigenvalue weighted by Gasteiger charge is 2.16. The molecule has 6 nitrogen and oxygen atoms in total. The van der Waals surface area contributed by atoms with Crippen molar-refractivity contribution < 1.29 is 4.39 Å². The van der Waals surface area contributed by atoms with Gasteiger partial charge >= 0.3 is 0 Å². The number of thiazole rings is 1. The quantitative estimate of drug-likeness (QED) is 0.547. The Balaban J connectivity index is 1.76. The number of aromatic nitrogens is 4. The Morgan fingerprint density at radius 2 is 2.04 bits per heavy atom. The Hall–Kier alpha value is -2.68. The van der Waals surface area contributed by atoms with E-state index in [-0.39, 0.29) is 5.56 Å². The maximum absolute atomic E-state index is 14.2. The van der Waals surface area contributed by atoms with E-state index in [1.165, 1.54) is 17.4 Å². The zero-order chi connectivity index (χ0) is 18.1. The lowest BCUT2D eigenvalue weighted by Gasteiger charge is -2.05. The van der Waals surface area contributed by atoms with Gasteiger partial charge in [0, 0.05) is 12.7 Å². The standard InChI is InChI=1S/C17H12ClFN6S/c18-10-2-1-3-11(19)14(10)17-24-12-4-5-21-16(15(12)26-17)25-13-8-22-9(6-20)7-23-13/h1-5,7-8H,6,20H2,(H,21,23,25). The van der Waals surface area contributed by atoms with E-state index in [0.717, 1.165) is 4.70 Å². The maximum atomic E-state index is 14.2. The number of benzene rings is 1. The van der Waals surface area contributed by atoms with E-state index in [1.54, 1.807) is 36.8 Å². The number of hydrogen-bond donors (Lipinski definition) is 2. The molecule has 0 bridgehead atoms. The van der Waals surface area contributed by atoms with Crippen LogP contribution in [0.5, 0.6) is 0 Å². The van der Waals surface area contributed by atoms with Gasteiger partial charge in [-0.3, -0.25) is 4.98 Å². The number of nitrogens with one attached hydrogen (secondary N) is 1. The molecule has 0 unspecified atom stereocenters. The predicted octanol–water partition coefficient (Wildman–Crippen LogP) is 4.14. The number of hydrogen-bond acceptors (Lipinski definition) is 7. The smallest absolute Gasteiger partial charge is 0.151 e. The van der Waals surface area contributed by atoms with Gasteiger partial charge in [-0.25, -0.2) is 19.3 Å². The number of rotatable bonds is 4. The molecule has 0 atom stereocenters. The summed E-state index contributed by atoms with van der Waals surface area (Å²) in [6.07, 6.45) is 4.80. The minimum absolute atomic E-state index is 0.286. The van der Waals surface area contributed by atoms with Crippen molar-refractivity contribution in [2.24, 2.45) is 5.73 Å². The van der Waals surface area contributed by atoms with Gasteiger partial charge in [0.05, 0.1) is 38.9 Å². The molecule has 0 aliphatic heterocycles. The Morgan fingerprint density at radius 1 is 1.15 bits per heavy atom. The van der Waals surface area contributed by atoms with Gasteiger partial charge < -0.3 is 11.1 Å². The van der Waals surface area contributed by atoms with Crippen LogP contribution in [-0.4, -0.2) is 19.9 Å². The van der Waals surface area contributed by atoms with Gasteiger partial charge in [0.25, 0.3) is 0 Å². The van der Waals surface area contributed by atoms with E-state index in [4.69, 9.17) is 17.3 Å². The van der Waals surface area contributed by atoms with Gasteiger partial charge in [-0.1, -0.05) is 17.7 Å². The second-order valence-electron chi connectivity index (χ2n) is 5.35. The van der Waals surface area contributed by atoms with Crippen LogP contribution in [0.1, 0.15) is 5.69 Å². The van der Waals surface area contributed by atoms with E-state index < -0.39 is 5.82 Å². The summed E-state index contributed by atoms with van der Waals surface area (Å²) in [7, 11) is 0. The molecule has 0 amide bonds. The molecule has 4 aromatic rings. The van der Waals surface area contributed by atoms with E-state index in [2.05, 4.69) is 25.3 Å². The highest BCUT2D eigenvalue weighted by molar-refractivity contribution is 7.22.